The Labute approximate surface area is 259 Å². The maximum absolute atomic E-state index is 13.6. The quantitative estimate of drug-likeness (QED) is 0.317. The molecule has 2 aromatic rings. The minimum Gasteiger partial charge on any atom is -0.404 e. The van der Waals surface area contributed by atoms with Gasteiger partial charge in [-0.1, -0.05) is 81.4 Å². The van der Waals surface area contributed by atoms with Gasteiger partial charge in [0.05, 0.1) is 38.3 Å². The largest absolute Gasteiger partial charge is 0.404 e. The van der Waals surface area contributed by atoms with E-state index in [0.29, 0.717) is 19.1 Å². The van der Waals surface area contributed by atoms with Crippen molar-refractivity contribution in [3.63, 3.8) is 0 Å². The lowest BCUT2D eigenvalue weighted by Gasteiger charge is -2.55. The number of guanidine groups is 1. The average Bonchev–Trinajstić information content (AvgIpc) is 2.99. The summed E-state index contributed by atoms with van der Waals surface area (Å²) in [5, 5.41) is 13.6. The Kier molecular flexibility index (Phi) is 7.69. The highest BCUT2D eigenvalue weighted by atomic mass is 28.4. The Balaban J connectivity index is 1.00. The van der Waals surface area contributed by atoms with Gasteiger partial charge in [-0.25, -0.2) is 0 Å². The van der Waals surface area contributed by atoms with E-state index >= 15 is 0 Å². The van der Waals surface area contributed by atoms with Gasteiger partial charge in [0.15, 0.2) is 0 Å². The Bertz CT molecular complexity index is 1260. The number of benzene rings is 2. The van der Waals surface area contributed by atoms with Gasteiger partial charge in [0.1, 0.15) is 0 Å². The molecule has 1 amide bonds. The van der Waals surface area contributed by atoms with Gasteiger partial charge in [-0.2, -0.15) is 0 Å². The van der Waals surface area contributed by atoms with Gasteiger partial charge in [0.25, 0.3) is 8.32 Å². The van der Waals surface area contributed by atoms with Crippen LogP contribution in [0.5, 0.6) is 0 Å². The second-order valence-electron chi connectivity index (χ2n) is 15.5. The molecule has 0 saturated heterocycles. The van der Waals surface area contributed by atoms with Crippen molar-refractivity contribution in [3.05, 3.63) is 60.7 Å². The van der Waals surface area contributed by atoms with Crippen molar-refractivity contribution in [2.24, 2.45) is 23.2 Å². The van der Waals surface area contributed by atoms with Crippen molar-refractivity contribution in [2.75, 3.05) is 26.2 Å². The molecule has 2 heterocycles. The van der Waals surface area contributed by atoms with Crippen LogP contribution >= 0.6 is 0 Å². The van der Waals surface area contributed by atoms with Crippen LogP contribution in [0, 0.1) is 23.2 Å². The van der Waals surface area contributed by atoms with Crippen molar-refractivity contribution in [3.8, 4) is 0 Å². The van der Waals surface area contributed by atoms with Crippen LogP contribution < -0.4 is 26.3 Å². The van der Waals surface area contributed by atoms with E-state index in [-0.39, 0.29) is 22.5 Å². The van der Waals surface area contributed by atoms with Crippen LogP contribution in [-0.4, -0.2) is 63.1 Å². The van der Waals surface area contributed by atoms with E-state index < -0.39 is 8.32 Å². The third-order valence-corrected chi connectivity index (χ3v) is 16.4. The van der Waals surface area contributed by atoms with E-state index in [2.05, 4.69) is 102 Å². The fourth-order valence-electron chi connectivity index (χ4n) is 9.77. The van der Waals surface area contributed by atoms with Crippen molar-refractivity contribution in [1.82, 2.24) is 16.0 Å². The van der Waals surface area contributed by atoms with Gasteiger partial charge >= 0.3 is 5.96 Å². The molecule has 4 saturated carbocycles. The highest BCUT2D eigenvalue weighted by Crippen LogP contribution is 2.60. The lowest BCUT2D eigenvalue weighted by atomic mass is 9.49. The first-order valence-corrected chi connectivity index (χ1v) is 18.8. The molecule has 43 heavy (non-hydrogen) atoms. The van der Waals surface area contributed by atoms with E-state index in [4.69, 9.17) is 4.43 Å². The number of amides is 1. The first-order valence-electron chi connectivity index (χ1n) is 16.9. The zero-order chi connectivity index (χ0) is 29.7. The zero-order valence-corrected chi connectivity index (χ0v) is 27.4. The van der Waals surface area contributed by atoms with Crippen LogP contribution in [-0.2, 0) is 9.22 Å². The second-order valence-corrected chi connectivity index (χ2v) is 19.8. The Morgan fingerprint density at radius 3 is 1.91 bits per heavy atom. The van der Waals surface area contributed by atoms with Gasteiger partial charge in [-0.05, 0) is 71.7 Å². The Hall–Kier alpha value is -2.64. The zero-order valence-electron chi connectivity index (χ0n) is 26.4. The van der Waals surface area contributed by atoms with E-state index in [1.807, 2.05) is 0 Å². The minimum atomic E-state index is -2.58. The number of carbonyl (C=O) groups is 1. The molecule has 4 aliphatic carbocycles. The molecule has 4 bridgehead atoms. The molecular formula is C36H51N4O2Si+. The van der Waals surface area contributed by atoms with Crippen molar-refractivity contribution >= 4 is 30.6 Å². The topological polar surface area (TPSA) is 65.4 Å². The highest BCUT2D eigenvalue weighted by Gasteiger charge is 2.55. The van der Waals surface area contributed by atoms with Gasteiger partial charge < -0.3 is 9.74 Å². The molecule has 2 atom stereocenters. The minimum absolute atomic E-state index is 0.0351. The van der Waals surface area contributed by atoms with Crippen molar-refractivity contribution < 1.29 is 13.8 Å². The Morgan fingerprint density at radius 1 is 0.860 bits per heavy atom. The van der Waals surface area contributed by atoms with E-state index in [1.165, 1.54) is 29.6 Å². The first kappa shape index (κ1) is 29.1. The summed E-state index contributed by atoms with van der Waals surface area (Å²) in [6.07, 6.45) is 9.60. The molecular weight excluding hydrogens is 549 g/mol. The van der Waals surface area contributed by atoms with Crippen LogP contribution in [0.25, 0.3) is 0 Å². The lowest BCUT2D eigenvalue weighted by molar-refractivity contribution is -0.542. The van der Waals surface area contributed by atoms with Crippen molar-refractivity contribution in [2.45, 2.75) is 89.3 Å². The summed E-state index contributed by atoms with van der Waals surface area (Å²) in [5.74, 6) is 3.84. The molecule has 4 fully saturated rings. The Morgan fingerprint density at radius 2 is 1.37 bits per heavy atom. The number of nitrogens with one attached hydrogen (secondary N) is 3. The molecule has 6 aliphatic rings. The lowest BCUT2D eigenvalue weighted by Crippen LogP contribution is -2.68. The van der Waals surface area contributed by atoms with Crippen LogP contribution in [0.4, 0.5) is 0 Å². The summed E-state index contributed by atoms with van der Waals surface area (Å²) in [4.78, 5) is 13.6. The second kappa shape index (κ2) is 11.4. The monoisotopic (exact) mass is 599 g/mol. The number of rotatable bonds is 8. The highest BCUT2D eigenvalue weighted by molar-refractivity contribution is 6.99. The van der Waals surface area contributed by atoms with E-state index in [1.54, 1.807) is 0 Å². The van der Waals surface area contributed by atoms with Gasteiger partial charge in [-0.3, -0.25) is 20.0 Å². The average molecular weight is 600 g/mol. The summed E-state index contributed by atoms with van der Waals surface area (Å²) < 4.78 is 9.71. The number of carbonyl (C=O) groups excluding carboxylic acids is 1. The van der Waals surface area contributed by atoms with Crippen LogP contribution in [0.3, 0.4) is 0 Å². The maximum atomic E-state index is 13.6. The normalized spacial score (nSPS) is 31.7. The van der Waals surface area contributed by atoms with Gasteiger partial charge in [0, 0.05) is 18.3 Å². The van der Waals surface area contributed by atoms with Gasteiger partial charge in [0.2, 0.25) is 5.91 Å². The molecule has 7 heteroatoms. The first-order chi connectivity index (χ1) is 20.7. The SMILES string of the molecule is CC(C)(C)[Si](OC[C@H]1CC[N+]2=C(N[C@@H](CNC(=O)C34CC5CC(CC(C5)C3)C4)CC2)N1)(c1ccccc1)c1ccccc1. The molecule has 0 radical (unpaired) electrons. The van der Waals surface area contributed by atoms with Crippen LogP contribution in [0.15, 0.2) is 60.7 Å². The molecule has 3 N–H and O–H groups in total. The fourth-order valence-corrected chi connectivity index (χ4v) is 14.4. The number of nitrogens with zero attached hydrogens (tertiary/aromatic N) is 1. The number of hydrogen-bond acceptors (Lipinski definition) is 4. The smallest absolute Gasteiger partial charge is 0.346 e. The molecule has 6 nitrogen and oxygen atoms in total. The molecule has 0 spiro atoms. The van der Waals surface area contributed by atoms with Crippen LogP contribution in [0.1, 0.15) is 72.1 Å². The summed E-state index contributed by atoms with van der Waals surface area (Å²) in [7, 11) is -2.58. The van der Waals surface area contributed by atoms with Gasteiger partial charge in [-0.15, -0.1) is 0 Å². The van der Waals surface area contributed by atoms with Crippen LogP contribution in [0.2, 0.25) is 5.04 Å². The molecule has 230 valence electrons. The molecule has 2 aromatic carbocycles. The maximum Gasteiger partial charge on any atom is 0.346 e. The third kappa shape index (κ3) is 5.45. The predicted molar refractivity (Wildman–Crippen MR) is 175 cm³/mol. The summed E-state index contributed by atoms with van der Waals surface area (Å²) in [6, 6.07) is 22.3. The molecule has 8 rings (SSSR count). The molecule has 2 aliphatic heterocycles. The summed E-state index contributed by atoms with van der Waals surface area (Å²) in [6.45, 7) is 10.5. The molecule has 0 unspecified atom stereocenters. The van der Waals surface area contributed by atoms with E-state index in [9.17, 15) is 4.79 Å². The summed E-state index contributed by atoms with van der Waals surface area (Å²) in [5.41, 5.74) is -0.0743. The molecule has 0 aromatic heterocycles. The standard InChI is InChI=1S/C36H50N4O2Si/c1-35(2,3)43(31-10-6-4-7-11-31,32-12-8-5-9-13-32)42-25-30-15-17-40-16-14-29(38-34(40)39-30)24-37-33(41)36-21-26-18-27(22-36)20-28(19-26)23-36/h4-13,26-30H,14-25H2,1-3H3,(H2,37,38,39,41)/p+1/t26?,27?,28?,29-,30-,36?/m1/s1. The van der Waals surface area contributed by atoms with E-state index in [0.717, 1.165) is 68.9 Å². The number of hydrogen-bond donors (Lipinski definition) is 3. The fraction of sp³-hybridized carbons (Fsp3) is 0.611. The predicted octanol–water partition coefficient (Wildman–Crippen LogP) is 3.99. The third-order valence-electron chi connectivity index (χ3n) is 11.4. The van der Waals surface area contributed by atoms with Crippen molar-refractivity contribution in [1.29, 1.82) is 0 Å². The summed E-state index contributed by atoms with van der Waals surface area (Å²) >= 11 is 0.